The monoisotopic (exact) mass is 289 g/mol. The zero-order valence-electron chi connectivity index (χ0n) is 12.9. The molecule has 0 saturated heterocycles. The number of fused-ring (bicyclic) bond motifs is 1. The topological polar surface area (TPSA) is 61.4 Å². The fourth-order valence-corrected chi connectivity index (χ4v) is 2.55. The summed E-state index contributed by atoms with van der Waals surface area (Å²) in [6.07, 6.45) is 2.07. The molecule has 21 heavy (non-hydrogen) atoms. The first-order valence-corrected chi connectivity index (χ1v) is 7.39. The van der Waals surface area contributed by atoms with Crippen LogP contribution >= 0.6 is 0 Å². The van der Waals surface area contributed by atoms with Gasteiger partial charge in [-0.05, 0) is 38.3 Å². The Balaban J connectivity index is 2.11. The van der Waals surface area contributed by atoms with E-state index in [0.29, 0.717) is 5.56 Å². The van der Waals surface area contributed by atoms with Crippen molar-refractivity contribution in [3.05, 3.63) is 29.3 Å². The molecule has 0 atom stereocenters. The lowest BCUT2D eigenvalue weighted by molar-refractivity contribution is -0.122. The second kappa shape index (κ2) is 6.61. The van der Waals surface area contributed by atoms with Crippen LogP contribution in [0.5, 0.6) is 0 Å². The zero-order chi connectivity index (χ0) is 15.4. The van der Waals surface area contributed by atoms with Crippen molar-refractivity contribution < 1.29 is 9.59 Å². The predicted molar refractivity (Wildman–Crippen MR) is 83.5 cm³/mol. The number of hydrogen-bond donors (Lipinski definition) is 2. The number of amides is 2. The molecule has 1 aliphatic heterocycles. The molecule has 0 saturated carbocycles. The van der Waals surface area contributed by atoms with Crippen molar-refractivity contribution in [1.29, 1.82) is 0 Å². The molecule has 1 aliphatic rings. The summed E-state index contributed by atoms with van der Waals surface area (Å²) in [6.45, 7) is 4.75. The van der Waals surface area contributed by atoms with Crippen molar-refractivity contribution in [2.24, 2.45) is 0 Å². The molecule has 0 unspecified atom stereocenters. The van der Waals surface area contributed by atoms with E-state index in [-0.39, 0.29) is 24.4 Å². The number of benzene rings is 1. The van der Waals surface area contributed by atoms with Crippen LogP contribution in [0.2, 0.25) is 0 Å². The molecule has 0 spiro atoms. The van der Waals surface area contributed by atoms with Gasteiger partial charge in [-0.2, -0.15) is 0 Å². The van der Waals surface area contributed by atoms with Crippen LogP contribution in [0, 0.1) is 0 Å². The number of nitrogens with one attached hydrogen (secondary N) is 2. The predicted octanol–water partition coefficient (Wildman–Crippen LogP) is 1.64. The average Bonchev–Trinajstić information content (AvgIpc) is 2.44. The van der Waals surface area contributed by atoms with Gasteiger partial charge in [0, 0.05) is 19.6 Å². The number of aryl methyl sites for hydroxylation is 1. The zero-order valence-corrected chi connectivity index (χ0v) is 12.9. The first kappa shape index (κ1) is 15.4. The molecule has 0 radical (unpaired) electrons. The lowest BCUT2D eigenvalue weighted by atomic mass is 9.99. The highest BCUT2D eigenvalue weighted by molar-refractivity contribution is 6.01. The molecular weight excluding hydrogens is 266 g/mol. The molecule has 2 N–H and O–H groups in total. The lowest BCUT2D eigenvalue weighted by Crippen LogP contribution is -2.41. The standard InChI is InChI=1S/C16H23N3O2/c1-11(2)18-14(20)10-19(3)16(21)13-8-4-6-12-7-5-9-17-15(12)13/h4,6,8,11,17H,5,7,9-10H2,1-3H3,(H,18,20). The number of hydrogen-bond acceptors (Lipinski definition) is 3. The van der Waals surface area contributed by atoms with Crippen molar-refractivity contribution in [3.8, 4) is 0 Å². The Kier molecular flexibility index (Phi) is 4.83. The van der Waals surface area contributed by atoms with E-state index in [9.17, 15) is 9.59 Å². The van der Waals surface area contributed by atoms with Gasteiger partial charge in [0.25, 0.3) is 5.91 Å². The first-order valence-electron chi connectivity index (χ1n) is 7.39. The number of likely N-dealkylation sites (N-methyl/N-ethyl adjacent to an activating group) is 1. The largest absolute Gasteiger partial charge is 0.384 e. The van der Waals surface area contributed by atoms with Crippen LogP contribution in [0.4, 0.5) is 5.69 Å². The molecule has 0 aliphatic carbocycles. The first-order chi connectivity index (χ1) is 9.99. The minimum Gasteiger partial charge on any atom is -0.384 e. The second-order valence-electron chi connectivity index (χ2n) is 5.75. The Morgan fingerprint density at radius 3 is 2.86 bits per heavy atom. The molecule has 5 nitrogen and oxygen atoms in total. The number of carbonyl (C=O) groups is 2. The van der Waals surface area contributed by atoms with Gasteiger partial charge in [0.05, 0.1) is 17.8 Å². The van der Waals surface area contributed by atoms with E-state index in [4.69, 9.17) is 0 Å². The van der Waals surface area contributed by atoms with E-state index in [1.54, 1.807) is 7.05 Å². The van der Waals surface area contributed by atoms with Gasteiger partial charge < -0.3 is 15.5 Å². The smallest absolute Gasteiger partial charge is 0.256 e. The van der Waals surface area contributed by atoms with Gasteiger partial charge in [-0.25, -0.2) is 0 Å². The second-order valence-corrected chi connectivity index (χ2v) is 5.75. The summed E-state index contributed by atoms with van der Waals surface area (Å²) in [5.74, 6) is -0.265. The molecule has 1 heterocycles. The third-order valence-electron chi connectivity index (χ3n) is 3.48. The molecule has 1 aromatic carbocycles. The SMILES string of the molecule is CC(C)NC(=O)CN(C)C(=O)c1cccc2c1NCCC2. The van der Waals surface area contributed by atoms with Gasteiger partial charge in [-0.1, -0.05) is 12.1 Å². The molecule has 1 aromatic rings. The van der Waals surface area contributed by atoms with Crippen molar-refractivity contribution >= 4 is 17.5 Å². The fourth-order valence-electron chi connectivity index (χ4n) is 2.55. The van der Waals surface area contributed by atoms with Crippen LogP contribution in [-0.4, -0.2) is 42.9 Å². The van der Waals surface area contributed by atoms with Crippen molar-refractivity contribution in [3.63, 3.8) is 0 Å². The number of para-hydroxylation sites is 1. The van der Waals surface area contributed by atoms with Gasteiger partial charge in [0.15, 0.2) is 0 Å². The summed E-state index contributed by atoms with van der Waals surface area (Å²) >= 11 is 0. The van der Waals surface area contributed by atoms with E-state index in [1.807, 2.05) is 32.0 Å². The highest BCUT2D eigenvalue weighted by Gasteiger charge is 2.21. The quantitative estimate of drug-likeness (QED) is 0.886. The molecule has 2 amide bonds. The van der Waals surface area contributed by atoms with Gasteiger partial charge >= 0.3 is 0 Å². The van der Waals surface area contributed by atoms with Crippen molar-refractivity contribution in [2.75, 3.05) is 25.5 Å². The summed E-state index contributed by atoms with van der Waals surface area (Å²) < 4.78 is 0. The number of nitrogens with zero attached hydrogens (tertiary/aromatic N) is 1. The molecular formula is C16H23N3O2. The van der Waals surface area contributed by atoms with Gasteiger partial charge in [0.1, 0.15) is 0 Å². The average molecular weight is 289 g/mol. The number of carbonyl (C=O) groups excluding carboxylic acids is 2. The Hall–Kier alpha value is -2.04. The lowest BCUT2D eigenvalue weighted by Gasteiger charge is -2.24. The van der Waals surface area contributed by atoms with Gasteiger partial charge in [-0.3, -0.25) is 9.59 Å². The molecule has 0 aromatic heterocycles. The molecule has 0 bridgehead atoms. The fraction of sp³-hybridized carbons (Fsp3) is 0.500. The van der Waals surface area contributed by atoms with Crippen LogP contribution in [0.25, 0.3) is 0 Å². The Labute approximate surface area is 125 Å². The minimum atomic E-state index is -0.140. The van der Waals surface area contributed by atoms with Crippen LogP contribution in [-0.2, 0) is 11.2 Å². The summed E-state index contributed by atoms with van der Waals surface area (Å²) in [7, 11) is 1.66. The number of rotatable bonds is 4. The third kappa shape index (κ3) is 3.74. The maximum atomic E-state index is 12.5. The molecule has 5 heteroatoms. The van der Waals surface area contributed by atoms with E-state index in [2.05, 4.69) is 10.6 Å². The Morgan fingerprint density at radius 1 is 1.38 bits per heavy atom. The summed E-state index contributed by atoms with van der Waals surface area (Å²) in [5.41, 5.74) is 2.74. The van der Waals surface area contributed by atoms with Gasteiger partial charge in [-0.15, -0.1) is 0 Å². The summed E-state index contributed by atoms with van der Waals surface area (Å²) in [5, 5.41) is 6.10. The van der Waals surface area contributed by atoms with Crippen LogP contribution < -0.4 is 10.6 Å². The molecule has 2 rings (SSSR count). The third-order valence-corrected chi connectivity index (χ3v) is 3.48. The maximum absolute atomic E-state index is 12.5. The van der Waals surface area contributed by atoms with Gasteiger partial charge in [0.2, 0.25) is 5.91 Å². The maximum Gasteiger partial charge on any atom is 0.256 e. The molecule has 0 fully saturated rings. The summed E-state index contributed by atoms with van der Waals surface area (Å²) in [6, 6.07) is 5.84. The Morgan fingerprint density at radius 2 is 2.14 bits per heavy atom. The Bertz CT molecular complexity index is 540. The van der Waals surface area contributed by atoms with Crippen LogP contribution in [0.15, 0.2) is 18.2 Å². The summed E-state index contributed by atoms with van der Waals surface area (Å²) in [4.78, 5) is 25.8. The van der Waals surface area contributed by atoms with Crippen molar-refractivity contribution in [2.45, 2.75) is 32.7 Å². The number of anilines is 1. The van der Waals surface area contributed by atoms with Crippen molar-refractivity contribution in [1.82, 2.24) is 10.2 Å². The van der Waals surface area contributed by atoms with E-state index < -0.39 is 0 Å². The highest BCUT2D eigenvalue weighted by Crippen LogP contribution is 2.26. The normalized spacial score (nSPS) is 13.3. The minimum absolute atomic E-state index is 0.0701. The van der Waals surface area contributed by atoms with Crippen LogP contribution in [0.3, 0.4) is 0 Å². The van der Waals surface area contributed by atoms with E-state index in [1.165, 1.54) is 10.5 Å². The highest BCUT2D eigenvalue weighted by atomic mass is 16.2. The van der Waals surface area contributed by atoms with E-state index >= 15 is 0 Å². The van der Waals surface area contributed by atoms with Crippen LogP contribution in [0.1, 0.15) is 36.2 Å². The van der Waals surface area contributed by atoms with E-state index in [0.717, 1.165) is 25.1 Å². The molecule has 114 valence electrons.